The number of aryl methyl sites for hydroxylation is 1. The van der Waals surface area contributed by atoms with Crippen LogP contribution in [-0.4, -0.2) is 5.78 Å². The van der Waals surface area contributed by atoms with Gasteiger partial charge in [0.15, 0.2) is 5.78 Å². The Labute approximate surface area is 133 Å². The van der Waals surface area contributed by atoms with Crippen molar-refractivity contribution >= 4 is 39.8 Å². The van der Waals surface area contributed by atoms with Crippen molar-refractivity contribution in [3.8, 4) is 0 Å². The van der Waals surface area contributed by atoms with Gasteiger partial charge in [0, 0.05) is 5.56 Å². The van der Waals surface area contributed by atoms with E-state index in [-0.39, 0.29) is 5.78 Å². The van der Waals surface area contributed by atoms with Crippen LogP contribution in [0.15, 0.2) is 54.6 Å². The molecule has 1 nitrogen and oxygen atoms in total. The van der Waals surface area contributed by atoms with E-state index in [9.17, 15) is 4.79 Å². The van der Waals surface area contributed by atoms with Crippen LogP contribution in [0.5, 0.6) is 0 Å². The van der Waals surface area contributed by atoms with Crippen LogP contribution in [0.25, 0.3) is 10.8 Å². The predicted octanol–water partition coefficient (Wildman–Crippen LogP) is 5.69. The number of hydrogen-bond acceptors (Lipinski definition) is 1. The molecule has 3 aromatic rings. The van der Waals surface area contributed by atoms with E-state index in [1.807, 2.05) is 43.3 Å². The largest absolute Gasteiger partial charge is 0.288 e. The van der Waals surface area contributed by atoms with E-state index in [0.717, 1.165) is 16.3 Å². The summed E-state index contributed by atoms with van der Waals surface area (Å²) < 4.78 is 0. The summed E-state index contributed by atoms with van der Waals surface area (Å²) in [5.74, 6) is -0.157. The summed E-state index contributed by atoms with van der Waals surface area (Å²) in [5, 5.41) is 2.88. The minimum Gasteiger partial charge on any atom is -0.288 e. The van der Waals surface area contributed by atoms with Crippen LogP contribution in [0.2, 0.25) is 10.0 Å². The summed E-state index contributed by atoms with van der Waals surface area (Å²) >= 11 is 12.4. The Morgan fingerprint density at radius 2 is 1.48 bits per heavy atom. The molecule has 21 heavy (non-hydrogen) atoms. The fraction of sp³-hybridized carbons (Fsp3) is 0.0556. The molecule has 0 saturated carbocycles. The Bertz CT molecular complexity index is 830. The lowest BCUT2D eigenvalue weighted by molar-refractivity contribution is 0.103. The van der Waals surface area contributed by atoms with Gasteiger partial charge in [0.2, 0.25) is 0 Å². The van der Waals surface area contributed by atoms with Gasteiger partial charge < -0.3 is 0 Å². The number of benzene rings is 3. The molecule has 0 amide bonds. The number of halogens is 2. The quantitative estimate of drug-likeness (QED) is 0.556. The van der Waals surface area contributed by atoms with Crippen molar-refractivity contribution in [1.82, 2.24) is 0 Å². The average Bonchev–Trinajstić information content (AvgIpc) is 2.45. The predicted molar refractivity (Wildman–Crippen MR) is 88.6 cm³/mol. The molecule has 0 N–H and O–H groups in total. The summed E-state index contributed by atoms with van der Waals surface area (Å²) in [5.41, 5.74) is 1.88. The van der Waals surface area contributed by atoms with Crippen molar-refractivity contribution in [2.45, 2.75) is 6.92 Å². The number of rotatable bonds is 2. The van der Waals surface area contributed by atoms with Crippen molar-refractivity contribution < 1.29 is 4.79 Å². The molecule has 0 aliphatic heterocycles. The number of carbonyl (C=O) groups is 1. The summed E-state index contributed by atoms with van der Waals surface area (Å²) in [6.07, 6.45) is 0. The second-order valence-electron chi connectivity index (χ2n) is 4.99. The zero-order chi connectivity index (χ0) is 15.0. The third-order valence-corrected chi connectivity index (χ3v) is 4.02. The van der Waals surface area contributed by atoms with E-state index >= 15 is 0 Å². The van der Waals surface area contributed by atoms with Gasteiger partial charge >= 0.3 is 0 Å². The Hall–Kier alpha value is -1.83. The lowest BCUT2D eigenvalue weighted by Crippen LogP contribution is -2.03. The minimum atomic E-state index is -0.157. The first-order valence-electron chi connectivity index (χ1n) is 6.55. The normalized spacial score (nSPS) is 10.8. The molecular weight excluding hydrogens is 303 g/mol. The monoisotopic (exact) mass is 314 g/mol. The van der Waals surface area contributed by atoms with Crippen LogP contribution in [0, 0.1) is 6.92 Å². The third-order valence-electron chi connectivity index (χ3n) is 3.43. The lowest BCUT2D eigenvalue weighted by Gasteiger charge is -2.08. The SMILES string of the molecule is Cc1cc(Cl)c(C(=O)c2ccc3ccccc3c2)c(Cl)c1. The second kappa shape index (κ2) is 5.51. The molecule has 0 aliphatic rings. The molecule has 0 atom stereocenters. The first kappa shape index (κ1) is 14.1. The molecule has 0 fully saturated rings. The Kier molecular flexibility index (Phi) is 3.71. The maximum Gasteiger partial charge on any atom is 0.196 e. The van der Waals surface area contributed by atoms with Crippen LogP contribution in [0.3, 0.4) is 0 Å². The molecule has 0 spiro atoms. The topological polar surface area (TPSA) is 17.1 Å². The van der Waals surface area contributed by atoms with Crippen LogP contribution in [0.1, 0.15) is 21.5 Å². The van der Waals surface area contributed by atoms with Crippen LogP contribution >= 0.6 is 23.2 Å². The van der Waals surface area contributed by atoms with Crippen LogP contribution in [-0.2, 0) is 0 Å². The molecule has 0 bridgehead atoms. The maximum absolute atomic E-state index is 12.7. The van der Waals surface area contributed by atoms with Crippen molar-refractivity contribution in [3.05, 3.63) is 81.3 Å². The Morgan fingerprint density at radius 3 is 2.14 bits per heavy atom. The smallest absolute Gasteiger partial charge is 0.196 e. The van der Waals surface area contributed by atoms with Crippen molar-refractivity contribution in [2.24, 2.45) is 0 Å². The maximum atomic E-state index is 12.7. The molecule has 0 saturated heterocycles. The molecule has 0 radical (unpaired) electrons. The van der Waals surface area contributed by atoms with E-state index in [1.54, 1.807) is 18.2 Å². The highest BCUT2D eigenvalue weighted by atomic mass is 35.5. The fourth-order valence-electron chi connectivity index (χ4n) is 2.39. The van der Waals surface area contributed by atoms with Gasteiger partial charge in [-0.25, -0.2) is 0 Å². The van der Waals surface area contributed by atoms with E-state index < -0.39 is 0 Å². The average molecular weight is 315 g/mol. The van der Waals surface area contributed by atoms with Crippen LogP contribution < -0.4 is 0 Å². The van der Waals surface area contributed by atoms with Gasteiger partial charge in [-0.2, -0.15) is 0 Å². The molecule has 0 heterocycles. The number of ketones is 1. The highest BCUT2D eigenvalue weighted by molar-refractivity contribution is 6.41. The molecule has 3 rings (SSSR count). The zero-order valence-corrected chi connectivity index (χ0v) is 12.9. The van der Waals surface area contributed by atoms with E-state index in [1.165, 1.54) is 0 Å². The van der Waals surface area contributed by atoms with E-state index in [2.05, 4.69) is 0 Å². The van der Waals surface area contributed by atoms with Crippen molar-refractivity contribution in [3.63, 3.8) is 0 Å². The summed E-state index contributed by atoms with van der Waals surface area (Å²) in [6.45, 7) is 1.89. The van der Waals surface area contributed by atoms with Gasteiger partial charge in [0.1, 0.15) is 0 Å². The first-order chi connectivity index (χ1) is 10.1. The third kappa shape index (κ3) is 2.67. The standard InChI is InChI=1S/C18H12Cl2O/c1-11-8-15(19)17(16(20)9-11)18(21)14-7-6-12-4-2-3-5-13(12)10-14/h2-10H,1H3. The molecular formula is C18H12Cl2O. The molecule has 3 aromatic carbocycles. The molecule has 104 valence electrons. The fourth-order valence-corrected chi connectivity index (χ4v) is 3.16. The Balaban J connectivity index is 2.12. The summed E-state index contributed by atoms with van der Waals surface area (Å²) in [7, 11) is 0. The molecule has 0 aliphatic carbocycles. The lowest BCUT2D eigenvalue weighted by atomic mass is 9.99. The highest BCUT2D eigenvalue weighted by Gasteiger charge is 2.17. The van der Waals surface area contributed by atoms with E-state index in [4.69, 9.17) is 23.2 Å². The molecule has 0 unspecified atom stereocenters. The first-order valence-corrected chi connectivity index (χ1v) is 7.31. The van der Waals surface area contributed by atoms with Gasteiger partial charge in [0.25, 0.3) is 0 Å². The Morgan fingerprint density at radius 1 is 0.857 bits per heavy atom. The van der Waals surface area contributed by atoms with Crippen LogP contribution in [0.4, 0.5) is 0 Å². The van der Waals surface area contributed by atoms with Gasteiger partial charge in [0.05, 0.1) is 15.6 Å². The summed E-state index contributed by atoms with van der Waals surface area (Å²) in [4.78, 5) is 12.7. The zero-order valence-electron chi connectivity index (χ0n) is 11.4. The summed E-state index contributed by atoms with van der Waals surface area (Å²) in [6, 6.07) is 17.0. The van der Waals surface area contributed by atoms with E-state index in [0.29, 0.717) is 21.2 Å². The van der Waals surface area contributed by atoms with Crippen molar-refractivity contribution in [2.75, 3.05) is 0 Å². The molecule has 0 aromatic heterocycles. The van der Waals surface area contributed by atoms with Gasteiger partial charge in [-0.05, 0) is 41.5 Å². The van der Waals surface area contributed by atoms with Gasteiger partial charge in [-0.15, -0.1) is 0 Å². The number of fused-ring (bicyclic) bond motifs is 1. The molecule has 3 heteroatoms. The number of hydrogen-bond donors (Lipinski definition) is 0. The van der Waals surface area contributed by atoms with Gasteiger partial charge in [-0.1, -0.05) is 59.6 Å². The minimum absolute atomic E-state index is 0.157. The second-order valence-corrected chi connectivity index (χ2v) is 5.81. The van der Waals surface area contributed by atoms with Crippen molar-refractivity contribution in [1.29, 1.82) is 0 Å². The van der Waals surface area contributed by atoms with Gasteiger partial charge in [-0.3, -0.25) is 4.79 Å². The highest BCUT2D eigenvalue weighted by Crippen LogP contribution is 2.29. The number of carbonyl (C=O) groups excluding carboxylic acids is 1.